The lowest BCUT2D eigenvalue weighted by Crippen LogP contribution is -2.37. The van der Waals surface area contributed by atoms with Gasteiger partial charge in [0.15, 0.2) is 0 Å². The largest absolute Gasteiger partial charge is 0.329 e. The Balaban J connectivity index is 2.26. The molecular weight excluding hydrogens is 315 g/mol. The van der Waals surface area contributed by atoms with Crippen molar-refractivity contribution in [1.29, 1.82) is 0 Å². The molecule has 124 valence electrons. The minimum absolute atomic E-state index is 0.000915. The Morgan fingerprint density at radius 2 is 1.78 bits per heavy atom. The molecule has 2 aromatic carbocycles. The van der Waals surface area contributed by atoms with E-state index in [1.54, 1.807) is 6.92 Å². The molecule has 0 saturated carbocycles. The second-order valence-electron chi connectivity index (χ2n) is 5.34. The average Bonchev–Trinajstić information content (AvgIpc) is 2.54. The van der Waals surface area contributed by atoms with Gasteiger partial charge in [-0.1, -0.05) is 36.4 Å². The van der Waals surface area contributed by atoms with Gasteiger partial charge in [0.2, 0.25) is 10.0 Å². The smallest absolute Gasteiger partial charge is 0.243 e. The number of aryl methyl sites for hydroxylation is 1. The number of sulfonamides is 1. The number of benzene rings is 2. The van der Waals surface area contributed by atoms with Crippen LogP contribution >= 0.6 is 0 Å². The van der Waals surface area contributed by atoms with Crippen molar-refractivity contribution in [2.24, 2.45) is 5.73 Å². The number of hydrogen-bond donors (Lipinski definition) is 1. The monoisotopic (exact) mass is 336 g/mol. The summed E-state index contributed by atoms with van der Waals surface area (Å²) in [5.41, 5.74) is 7.12. The highest BCUT2D eigenvalue weighted by Crippen LogP contribution is 2.21. The van der Waals surface area contributed by atoms with Crippen LogP contribution in [0.4, 0.5) is 4.39 Å². The van der Waals surface area contributed by atoms with Gasteiger partial charge in [0.05, 0.1) is 4.90 Å². The third kappa shape index (κ3) is 4.37. The van der Waals surface area contributed by atoms with Gasteiger partial charge in [-0.25, -0.2) is 12.8 Å². The van der Waals surface area contributed by atoms with E-state index in [4.69, 9.17) is 5.73 Å². The van der Waals surface area contributed by atoms with Gasteiger partial charge in [-0.05, 0) is 36.6 Å². The summed E-state index contributed by atoms with van der Waals surface area (Å²) in [7, 11) is -3.77. The van der Waals surface area contributed by atoms with E-state index in [0.717, 1.165) is 11.6 Å². The van der Waals surface area contributed by atoms with Crippen LogP contribution in [-0.4, -0.2) is 32.4 Å². The van der Waals surface area contributed by atoms with Gasteiger partial charge >= 0.3 is 0 Å². The molecule has 0 heterocycles. The van der Waals surface area contributed by atoms with Crippen LogP contribution < -0.4 is 5.73 Å². The Labute approximate surface area is 136 Å². The number of rotatable bonds is 7. The van der Waals surface area contributed by atoms with Crippen molar-refractivity contribution in [3.8, 4) is 0 Å². The molecule has 0 atom stereocenters. The average molecular weight is 336 g/mol. The Hall–Kier alpha value is -1.76. The van der Waals surface area contributed by atoms with Crippen LogP contribution in [0, 0.1) is 12.7 Å². The zero-order chi connectivity index (χ0) is 16.9. The van der Waals surface area contributed by atoms with Crippen LogP contribution in [0.3, 0.4) is 0 Å². The number of hydrogen-bond acceptors (Lipinski definition) is 3. The van der Waals surface area contributed by atoms with E-state index in [0.29, 0.717) is 18.5 Å². The summed E-state index contributed by atoms with van der Waals surface area (Å²) in [4.78, 5) is -0.000915. The topological polar surface area (TPSA) is 63.4 Å². The van der Waals surface area contributed by atoms with Crippen LogP contribution in [0.5, 0.6) is 0 Å². The molecule has 2 aromatic rings. The highest BCUT2D eigenvalue weighted by Gasteiger charge is 2.25. The molecule has 0 spiro atoms. The maximum Gasteiger partial charge on any atom is 0.243 e. The van der Waals surface area contributed by atoms with Crippen molar-refractivity contribution >= 4 is 10.0 Å². The molecule has 2 rings (SSSR count). The van der Waals surface area contributed by atoms with E-state index in [9.17, 15) is 12.8 Å². The molecule has 4 nitrogen and oxygen atoms in total. The molecule has 23 heavy (non-hydrogen) atoms. The molecule has 0 aliphatic carbocycles. The molecule has 0 fully saturated rings. The van der Waals surface area contributed by atoms with Crippen LogP contribution in [0.1, 0.15) is 11.1 Å². The summed E-state index contributed by atoms with van der Waals surface area (Å²) in [6.45, 7) is 2.37. The second kappa shape index (κ2) is 7.68. The first-order valence-corrected chi connectivity index (χ1v) is 8.89. The van der Waals surface area contributed by atoms with Crippen LogP contribution in [0.25, 0.3) is 0 Å². The van der Waals surface area contributed by atoms with Gasteiger partial charge in [-0.3, -0.25) is 0 Å². The molecule has 0 aliphatic rings. The predicted octanol–water partition coefficient (Wildman–Crippen LogP) is 2.33. The minimum atomic E-state index is -3.77. The summed E-state index contributed by atoms with van der Waals surface area (Å²) in [6.07, 6.45) is 0.578. The summed E-state index contributed by atoms with van der Waals surface area (Å²) in [6, 6.07) is 13.4. The van der Waals surface area contributed by atoms with Crippen LogP contribution in [0.2, 0.25) is 0 Å². The molecule has 0 aromatic heterocycles. The first kappa shape index (κ1) is 17.6. The van der Waals surface area contributed by atoms with E-state index >= 15 is 0 Å². The normalized spacial score (nSPS) is 11.8. The molecule has 6 heteroatoms. The molecule has 0 radical (unpaired) electrons. The Bertz CT molecular complexity index is 748. The lowest BCUT2D eigenvalue weighted by Gasteiger charge is -2.22. The van der Waals surface area contributed by atoms with Crippen molar-refractivity contribution < 1.29 is 12.8 Å². The Kier molecular flexibility index (Phi) is 5.87. The van der Waals surface area contributed by atoms with Gasteiger partial charge in [-0.2, -0.15) is 4.31 Å². The van der Waals surface area contributed by atoms with E-state index in [1.807, 2.05) is 30.3 Å². The zero-order valence-electron chi connectivity index (χ0n) is 13.1. The van der Waals surface area contributed by atoms with Crippen molar-refractivity contribution in [3.63, 3.8) is 0 Å². The van der Waals surface area contributed by atoms with Crippen molar-refractivity contribution in [1.82, 2.24) is 4.31 Å². The maximum atomic E-state index is 13.5. The number of nitrogens with two attached hydrogens (primary N) is 1. The van der Waals surface area contributed by atoms with Gasteiger partial charge < -0.3 is 5.73 Å². The molecule has 0 saturated heterocycles. The third-order valence-corrected chi connectivity index (χ3v) is 5.68. The van der Waals surface area contributed by atoms with Crippen LogP contribution in [-0.2, 0) is 16.4 Å². The fraction of sp³-hybridized carbons (Fsp3) is 0.294. The summed E-state index contributed by atoms with van der Waals surface area (Å²) in [5.74, 6) is -0.565. The summed E-state index contributed by atoms with van der Waals surface area (Å²) < 4.78 is 40.4. The fourth-order valence-electron chi connectivity index (χ4n) is 2.39. The van der Waals surface area contributed by atoms with E-state index < -0.39 is 15.8 Å². The van der Waals surface area contributed by atoms with Crippen molar-refractivity contribution in [3.05, 3.63) is 65.5 Å². The van der Waals surface area contributed by atoms with Gasteiger partial charge in [0.1, 0.15) is 5.82 Å². The van der Waals surface area contributed by atoms with E-state index in [-0.39, 0.29) is 18.0 Å². The van der Waals surface area contributed by atoms with Gasteiger partial charge in [-0.15, -0.1) is 0 Å². The number of halogens is 1. The van der Waals surface area contributed by atoms with Crippen LogP contribution in [0.15, 0.2) is 53.4 Å². The standard InChI is InChI=1S/C17H21FN2O2S/c1-14-7-8-16(18)13-17(14)23(21,22)20(12-10-19)11-9-15-5-3-2-4-6-15/h2-8,13H,9-12,19H2,1H3. The zero-order valence-corrected chi connectivity index (χ0v) is 13.9. The van der Waals surface area contributed by atoms with E-state index in [1.165, 1.54) is 16.4 Å². The molecule has 2 N–H and O–H groups in total. The van der Waals surface area contributed by atoms with Gasteiger partial charge in [0, 0.05) is 19.6 Å². The lowest BCUT2D eigenvalue weighted by atomic mass is 10.1. The summed E-state index contributed by atoms with van der Waals surface area (Å²) in [5, 5.41) is 0. The molecule has 0 amide bonds. The SMILES string of the molecule is Cc1ccc(F)cc1S(=O)(=O)N(CCN)CCc1ccccc1. The number of nitrogens with zero attached hydrogens (tertiary/aromatic N) is 1. The second-order valence-corrected chi connectivity index (χ2v) is 7.24. The first-order chi connectivity index (χ1) is 10.9. The van der Waals surface area contributed by atoms with Crippen molar-refractivity contribution in [2.75, 3.05) is 19.6 Å². The lowest BCUT2D eigenvalue weighted by molar-refractivity contribution is 0.421. The van der Waals surface area contributed by atoms with Gasteiger partial charge in [0.25, 0.3) is 0 Å². The Morgan fingerprint density at radius 1 is 1.09 bits per heavy atom. The highest BCUT2D eigenvalue weighted by molar-refractivity contribution is 7.89. The third-order valence-electron chi connectivity index (χ3n) is 3.64. The van der Waals surface area contributed by atoms with Crippen molar-refractivity contribution in [2.45, 2.75) is 18.2 Å². The first-order valence-electron chi connectivity index (χ1n) is 7.45. The fourth-order valence-corrected chi connectivity index (χ4v) is 4.08. The van der Waals surface area contributed by atoms with E-state index in [2.05, 4.69) is 0 Å². The molecule has 0 bridgehead atoms. The molecule has 0 aliphatic heterocycles. The molecule has 0 unspecified atom stereocenters. The predicted molar refractivity (Wildman–Crippen MR) is 89.1 cm³/mol. The minimum Gasteiger partial charge on any atom is -0.329 e. The molecular formula is C17H21FN2O2S. The quantitative estimate of drug-likeness (QED) is 0.844. The Morgan fingerprint density at radius 3 is 2.43 bits per heavy atom. The maximum absolute atomic E-state index is 13.5. The highest BCUT2D eigenvalue weighted by atomic mass is 32.2. The summed E-state index contributed by atoms with van der Waals surface area (Å²) >= 11 is 0.